The van der Waals surface area contributed by atoms with Crippen LogP contribution in [-0.2, 0) is 11.2 Å². The van der Waals surface area contributed by atoms with Crippen molar-refractivity contribution in [2.75, 3.05) is 31.6 Å². The van der Waals surface area contributed by atoms with Gasteiger partial charge in [-0.15, -0.1) is 0 Å². The van der Waals surface area contributed by atoms with Gasteiger partial charge in [0.15, 0.2) is 0 Å². The summed E-state index contributed by atoms with van der Waals surface area (Å²) in [5.41, 5.74) is 7.85. The number of hydrogen-bond acceptors (Lipinski definition) is 4. The van der Waals surface area contributed by atoms with E-state index in [0.29, 0.717) is 41.9 Å². The van der Waals surface area contributed by atoms with Crippen LogP contribution in [0.15, 0.2) is 60.4 Å². The quantitative estimate of drug-likeness (QED) is 0.769. The fourth-order valence-electron chi connectivity index (χ4n) is 2.96. The lowest BCUT2D eigenvalue weighted by Crippen LogP contribution is -2.42. The van der Waals surface area contributed by atoms with Gasteiger partial charge in [-0.3, -0.25) is 9.59 Å². The molecular formula is C21H22FN3O3. The average Bonchev–Trinajstić information content (AvgIpc) is 2.71. The Kier molecular flexibility index (Phi) is 6.39. The number of carbonyl (C=O) groups is 2. The zero-order chi connectivity index (χ0) is 19.9. The van der Waals surface area contributed by atoms with Gasteiger partial charge >= 0.3 is 0 Å². The molecule has 0 radical (unpaired) electrons. The van der Waals surface area contributed by atoms with E-state index in [2.05, 4.69) is 5.32 Å². The molecule has 3 rings (SSSR count). The Labute approximate surface area is 162 Å². The molecule has 146 valence electrons. The second-order valence-corrected chi connectivity index (χ2v) is 6.47. The summed E-state index contributed by atoms with van der Waals surface area (Å²) in [5.74, 6) is 0.118. The van der Waals surface area contributed by atoms with E-state index in [4.69, 9.17) is 10.5 Å². The zero-order valence-corrected chi connectivity index (χ0v) is 15.4. The zero-order valence-electron chi connectivity index (χ0n) is 15.4. The third-order valence-corrected chi connectivity index (χ3v) is 4.48. The number of fused-ring (bicyclic) bond motifs is 1. The third-order valence-electron chi connectivity index (χ3n) is 4.48. The van der Waals surface area contributed by atoms with Gasteiger partial charge in [0.2, 0.25) is 5.91 Å². The molecule has 1 aliphatic heterocycles. The molecule has 0 aromatic heterocycles. The van der Waals surface area contributed by atoms with E-state index in [1.807, 2.05) is 18.2 Å². The number of nitrogens with one attached hydrogen (secondary N) is 1. The molecule has 3 N–H and O–H groups in total. The number of ether oxygens (including phenoxy) is 1. The number of nitrogens with two attached hydrogens (primary N) is 1. The minimum atomic E-state index is -0.240. The van der Waals surface area contributed by atoms with E-state index >= 15 is 0 Å². The first kappa shape index (κ1) is 19.6. The molecular weight excluding hydrogens is 361 g/mol. The Bertz CT molecular complexity index is 884. The van der Waals surface area contributed by atoms with Crippen LogP contribution in [0.25, 0.3) is 0 Å². The summed E-state index contributed by atoms with van der Waals surface area (Å²) in [6.07, 6.45) is 1.06. The lowest BCUT2D eigenvalue weighted by molar-refractivity contribution is -0.116. The number of hydrogen-bond donors (Lipinski definition) is 2. The van der Waals surface area contributed by atoms with Crippen molar-refractivity contribution < 1.29 is 18.7 Å². The van der Waals surface area contributed by atoms with Gasteiger partial charge in [-0.1, -0.05) is 18.2 Å². The normalized spacial score (nSPS) is 13.9. The maximum Gasteiger partial charge on any atom is 0.254 e. The lowest BCUT2D eigenvalue weighted by atomic mass is 9.98. The first-order valence-electron chi connectivity index (χ1n) is 8.99. The molecule has 0 fully saturated rings. The number of halogens is 1. The van der Waals surface area contributed by atoms with Crippen LogP contribution in [0, 0.1) is 0 Å². The highest BCUT2D eigenvalue weighted by Crippen LogP contribution is 2.24. The van der Waals surface area contributed by atoms with Crippen molar-refractivity contribution in [3.63, 3.8) is 0 Å². The highest BCUT2D eigenvalue weighted by molar-refractivity contribution is 6.01. The van der Waals surface area contributed by atoms with Crippen molar-refractivity contribution in [1.29, 1.82) is 0 Å². The Morgan fingerprint density at radius 2 is 2.04 bits per heavy atom. The number of rotatable bonds is 7. The largest absolute Gasteiger partial charge is 0.489 e. The number of nitrogens with zero attached hydrogens (tertiary/aromatic N) is 1. The second-order valence-electron chi connectivity index (χ2n) is 6.47. The van der Waals surface area contributed by atoms with E-state index in [-0.39, 0.29) is 31.5 Å². The van der Waals surface area contributed by atoms with Crippen LogP contribution in [0.5, 0.6) is 5.75 Å². The third kappa shape index (κ3) is 4.75. The molecule has 7 heteroatoms. The monoisotopic (exact) mass is 383 g/mol. The topological polar surface area (TPSA) is 84.7 Å². The molecule has 28 heavy (non-hydrogen) atoms. The Balaban J connectivity index is 1.62. The van der Waals surface area contributed by atoms with Gasteiger partial charge in [0.1, 0.15) is 18.9 Å². The van der Waals surface area contributed by atoms with E-state index in [9.17, 15) is 14.0 Å². The lowest BCUT2D eigenvalue weighted by Gasteiger charge is -2.28. The van der Waals surface area contributed by atoms with Gasteiger partial charge < -0.3 is 20.7 Å². The van der Waals surface area contributed by atoms with E-state index in [0.717, 1.165) is 5.56 Å². The molecule has 0 spiro atoms. The van der Waals surface area contributed by atoms with Crippen LogP contribution in [0.3, 0.4) is 0 Å². The predicted molar refractivity (Wildman–Crippen MR) is 105 cm³/mol. The Morgan fingerprint density at radius 3 is 2.75 bits per heavy atom. The summed E-state index contributed by atoms with van der Waals surface area (Å²) in [7, 11) is 0. The highest BCUT2D eigenvalue weighted by atomic mass is 19.1. The van der Waals surface area contributed by atoms with Crippen molar-refractivity contribution in [2.24, 2.45) is 5.73 Å². The molecule has 2 amide bonds. The van der Waals surface area contributed by atoms with Gasteiger partial charge in [-0.05, 0) is 42.3 Å². The van der Waals surface area contributed by atoms with Crippen molar-refractivity contribution in [3.05, 3.63) is 71.6 Å². The minimum absolute atomic E-state index is 0.00737. The summed E-state index contributed by atoms with van der Waals surface area (Å²) in [6.45, 7) is 0.577. The predicted octanol–water partition coefficient (Wildman–Crippen LogP) is 2.51. The molecule has 0 bridgehead atoms. The van der Waals surface area contributed by atoms with Crippen LogP contribution in [0.4, 0.5) is 10.1 Å². The van der Waals surface area contributed by atoms with Crippen LogP contribution in [-0.4, -0.2) is 43.0 Å². The average molecular weight is 383 g/mol. The van der Waals surface area contributed by atoms with Gasteiger partial charge in [-0.2, -0.15) is 0 Å². The summed E-state index contributed by atoms with van der Waals surface area (Å²) >= 11 is 0. The molecule has 0 saturated heterocycles. The van der Waals surface area contributed by atoms with Gasteiger partial charge in [-0.25, -0.2) is 4.39 Å². The van der Waals surface area contributed by atoms with Gasteiger partial charge in [0.05, 0.1) is 6.33 Å². The molecule has 1 aliphatic rings. The molecule has 0 unspecified atom stereocenters. The highest BCUT2D eigenvalue weighted by Gasteiger charge is 2.26. The van der Waals surface area contributed by atoms with E-state index < -0.39 is 0 Å². The number of amides is 2. The van der Waals surface area contributed by atoms with Crippen molar-refractivity contribution in [1.82, 2.24) is 4.90 Å². The smallest absolute Gasteiger partial charge is 0.254 e. The van der Waals surface area contributed by atoms with Crippen LogP contribution in [0.1, 0.15) is 15.9 Å². The maximum atomic E-state index is 12.7. The van der Waals surface area contributed by atoms with E-state index in [1.54, 1.807) is 30.3 Å². The first-order chi connectivity index (χ1) is 13.6. The minimum Gasteiger partial charge on any atom is -0.489 e. The molecule has 0 aliphatic carbocycles. The Morgan fingerprint density at radius 1 is 1.25 bits per heavy atom. The summed E-state index contributed by atoms with van der Waals surface area (Å²) in [5, 5.41) is 2.78. The van der Waals surface area contributed by atoms with Gasteiger partial charge in [0, 0.05) is 29.9 Å². The van der Waals surface area contributed by atoms with Crippen LogP contribution < -0.4 is 15.8 Å². The van der Waals surface area contributed by atoms with Crippen molar-refractivity contribution >= 4 is 17.5 Å². The summed E-state index contributed by atoms with van der Waals surface area (Å²) < 4.78 is 18.1. The fourth-order valence-corrected chi connectivity index (χ4v) is 2.96. The molecule has 0 saturated carbocycles. The summed E-state index contributed by atoms with van der Waals surface area (Å²) in [6, 6.07) is 14.2. The molecule has 1 heterocycles. The van der Waals surface area contributed by atoms with E-state index in [1.165, 1.54) is 4.90 Å². The van der Waals surface area contributed by atoms with Crippen LogP contribution >= 0.6 is 0 Å². The number of carbonyl (C=O) groups excluding carboxylic acids is 2. The standard InChI is InChI=1S/C21H22FN3O3/c22-11-15(12-23)14-28-18-6-7-19-16(10-18)8-9-25(21(19)27)13-20(26)24-17-4-2-1-3-5-17/h1-7,10-11H,8-9,12-14,23H2,(H,24,26)/b15-11+. The SMILES string of the molecule is NC/C(=C\F)COc1ccc2c(c1)CCN(CC(=O)Nc1ccccc1)C2=O. The number of benzene rings is 2. The van der Waals surface area contributed by atoms with Crippen molar-refractivity contribution in [3.8, 4) is 5.75 Å². The molecule has 6 nitrogen and oxygen atoms in total. The fraction of sp³-hybridized carbons (Fsp3) is 0.238. The first-order valence-corrected chi connectivity index (χ1v) is 8.99. The molecule has 0 atom stereocenters. The van der Waals surface area contributed by atoms with Crippen molar-refractivity contribution in [2.45, 2.75) is 6.42 Å². The number of para-hydroxylation sites is 1. The van der Waals surface area contributed by atoms with Crippen LogP contribution in [0.2, 0.25) is 0 Å². The maximum absolute atomic E-state index is 12.7. The molecule has 2 aromatic rings. The molecule has 2 aromatic carbocycles. The van der Waals surface area contributed by atoms with Gasteiger partial charge in [0.25, 0.3) is 5.91 Å². The summed E-state index contributed by atoms with van der Waals surface area (Å²) in [4.78, 5) is 26.5. The second kappa shape index (κ2) is 9.14. The Hall–Kier alpha value is -3.19. The number of anilines is 1.